The SMILES string of the molecule is COC[C@@H]1CN(C(=O)c2cccn2C)Cc2cn(CC3CC3)nc21. The Bertz CT molecular complexity index is 744. The highest BCUT2D eigenvalue weighted by Gasteiger charge is 2.33. The number of methoxy groups -OCH3 is 1. The minimum Gasteiger partial charge on any atom is -0.384 e. The van der Waals surface area contributed by atoms with Crippen molar-refractivity contribution in [2.75, 3.05) is 20.3 Å². The van der Waals surface area contributed by atoms with Crippen LogP contribution >= 0.6 is 0 Å². The number of hydrogen-bond donors (Lipinski definition) is 0. The highest BCUT2D eigenvalue weighted by molar-refractivity contribution is 5.93. The number of carbonyl (C=O) groups is 1. The Morgan fingerprint density at radius 1 is 1.42 bits per heavy atom. The lowest BCUT2D eigenvalue weighted by Gasteiger charge is -2.31. The first-order valence-electron chi connectivity index (χ1n) is 8.61. The van der Waals surface area contributed by atoms with Crippen LogP contribution in [0.2, 0.25) is 0 Å². The molecule has 1 amide bonds. The van der Waals surface area contributed by atoms with E-state index in [2.05, 4.69) is 10.9 Å². The van der Waals surface area contributed by atoms with Crippen LogP contribution in [0.15, 0.2) is 24.5 Å². The van der Waals surface area contributed by atoms with Gasteiger partial charge >= 0.3 is 0 Å². The quantitative estimate of drug-likeness (QED) is 0.844. The van der Waals surface area contributed by atoms with E-state index in [-0.39, 0.29) is 11.8 Å². The molecule has 1 aliphatic carbocycles. The highest BCUT2D eigenvalue weighted by Crippen LogP contribution is 2.33. The summed E-state index contributed by atoms with van der Waals surface area (Å²) in [5.41, 5.74) is 2.99. The zero-order chi connectivity index (χ0) is 16.7. The van der Waals surface area contributed by atoms with Gasteiger partial charge in [0.1, 0.15) is 5.69 Å². The van der Waals surface area contributed by atoms with E-state index in [1.54, 1.807) is 7.11 Å². The molecule has 6 nitrogen and oxygen atoms in total. The Balaban J connectivity index is 1.59. The number of amides is 1. The number of rotatable bonds is 5. The molecule has 2 aliphatic rings. The van der Waals surface area contributed by atoms with Crippen molar-refractivity contribution in [1.29, 1.82) is 0 Å². The van der Waals surface area contributed by atoms with E-state index >= 15 is 0 Å². The lowest BCUT2D eigenvalue weighted by molar-refractivity contribution is 0.0669. The van der Waals surface area contributed by atoms with Gasteiger partial charge in [0, 0.05) is 57.7 Å². The van der Waals surface area contributed by atoms with Crippen LogP contribution in [0.3, 0.4) is 0 Å². The van der Waals surface area contributed by atoms with Crippen LogP contribution in [0.5, 0.6) is 0 Å². The molecule has 6 heteroatoms. The zero-order valence-electron chi connectivity index (χ0n) is 14.3. The number of nitrogens with zero attached hydrogens (tertiary/aromatic N) is 4. The maximum Gasteiger partial charge on any atom is 0.270 e. The summed E-state index contributed by atoms with van der Waals surface area (Å²) in [4.78, 5) is 14.8. The molecule has 0 bridgehead atoms. The summed E-state index contributed by atoms with van der Waals surface area (Å²) in [6, 6.07) is 3.78. The molecule has 2 aromatic rings. The molecule has 0 aromatic carbocycles. The van der Waals surface area contributed by atoms with Crippen molar-refractivity contribution in [2.45, 2.75) is 31.8 Å². The lowest BCUT2D eigenvalue weighted by Crippen LogP contribution is -2.40. The summed E-state index contributed by atoms with van der Waals surface area (Å²) >= 11 is 0. The second-order valence-corrected chi connectivity index (χ2v) is 7.05. The molecule has 1 fully saturated rings. The van der Waals surface area contributed by atoms with Gasteiger partial charge < -0.3 is 14.2 Å². The zero-order valence-corrected chi connectivity index (χ0v) is 14.3. The Morgan fingerprint density at radius 2 is 2.25 bits per heavy atom. The van der Waals surface area contributed by atoms with Crippen LogP contribution in [0, 0.1) is 5.92 Å². The maximum absolute atomic E-state index is 12.9. The first-order chi connectivity index (χ1) is 11.7. The molecule has 1 atom stereocenters. The van der Waals surface area contributed by atoms with Crippen molar-refractivity contribution < 1.29 is 9.53 Å². The van der Waals surface area contributed by atoms with E-state index in [9.17, 15) is 4.79 Å². The van der Waals surface area contributed by atoms with Gasteiger partial charge in [-0.05, 0) is 30.9 Å². The van der Waals surface area contributed by atoms with Crippen LogP contribution < -0.4 is 0 Å². The fraction of sp³-hybridized carbons (Fsp3) is 0.556. The molecular weight excluding hydrogens is 304 g/mol. The normalized spacial score (nSPS) is 20.2. The third-order valence-electron chi connectivity index (χ3n) is 5.02. The minimum atomic E-state index is 0.0733. The van der Waals surface area contributed by atoms with Gasteiger partial charge in [0.2, 0.25) is 0 Å². The van der Waals surface area contributed by atoms with E-state index in [0.29, 0.717) is 19.7 Å². The maximum atomic E-state index is 12.9. The fourth-order valence-corrected chi connectivity index (χ4v) is 3.56. The third kappa shape index (κ3) is 2.86. The smallest absolute Gasteiger partial charge is 0.270 e. The van der Waals surface area contributed by atoms with Crippen LogP contribution in [0.1, 0.15) is 40.5 Å². The largest absolute Gasteiger partial charge is 0.384 e. The predicted octanol–water partition coefficient (Wildman–Crippen LogP) is 2.02. The Morgan fingerprint density at radius 3 is 2.92 bits per heavy atom. The molecule has 0 spiro atoms. The van der Waals surface area contributed by atoms with Crippen molar-refractivity contribution in [3.63, 3.8) is 0 Å². The van der Waals surface area contributed by atoms with Crippen LogP contribution in [-0.2, 0) is 24.9 Å². The lowest BCUT2D eigenvalue weighted by atomic mass is 9.97. The van der Waals surface area contributed by atoms with Crippen molar-refractivity contribution in [1.82, 2.24) is 19.2 Å². The van der Waals surface area contributed by atoms with Gasteiger partial charge in [-0.1, -0.05) is 0 Å². The standard InChI is InChI=1S/C18H24N4O2/c1-20-7-3-4-16(20)18(23)21-9-14-11-22(8-13-5-6-13)19-17(14)15(10-21)12-24-2/h3-4,7,11,13,15H,5-6,8-10,12H2,1-2H3/t15-/m0/s1. The van der Waals surface area contributed by atoms with E-state index in [1.165, 1.54) is 12.8 Å². The van der Waals surface area contributed by atoms with Gasteiger partial charge in [-0.25, -0.2) is 0 Å². The summed E-state index contributed by atoms with van der Waals surface area (Å²) in [7, 11) is 3.61. The molecule has 1 aliphatic heterocycles. The molecule has 128 valence electrons. The first kappa shape index (κ1) is 15.4. The number of aromatic nitrogens is 3. The van der Waals surface area contributed by atoms with Gasteiger partial charge in [0.05, 0.1) is 12.3 Å². The van der Waals surface area contributed by atoms with Crippen molar-refractivity contribution >= 4 is 5.91 Å². The van der Waals surface area contributed by atoms with E-state index in [1.807, 2.05) is 34.8 Å². The summed E-state index contributed by atoms with van der Waals surface area (Å²) in [5, 5.41) is 4.80. The number of carbonyl (C=O) groups excluding carboxylic acids is 1. The second kappa shape index (κ2) is 6.09. The molecule has 4 rings (SSSR count). The van der Waals surface area contributed by atoms with Gasteiger partial charge in [-0.15, -0.1) is 0 Å². The summed E-state index contributed by atoms with van der Waals surface area (Å²) in [6.45, 7) is 2.87. The molecule has 0 saturated heterocycles. The Hall–Kier alpha value is -2.08. The molecule has 3 heterocycles. The monoisotopic (exact) mass is 328 g/mol. The predicted molar refractivity (Wildman–Crippen MR) is 89.7 cm³/mol. The fourth-order valence-electron chi connectivity index (χ4n) is 3.56. The van der Waals surface area contributed by atoms with E-state index < -0.39 is 0 Å². The molecule has 0 N–H and O–H groups in total. The minimum absolute atomic E-state index is 0.0733. The topological polar surface area (TPSA) is 52.3 Å². The summed E-state index contributed by atoms with van der Waals surface area (Å²) < 4.78 is 9.34. The van der Waals surface area contributed by atoms with E-state index in [0.717, 1.165) is 29.4 Å². The van der Waals surface area contributed by atoms with Crippen LogP contribution in [0.25, 0.3) is 0 Å². The van der Waals surface area contributed by atoms with Crippen molar-refractivity contribution in [3.05, 3.63) is 41.5 Å². The second-order valence-electron chi connectivity index (χ2n) is 7.05. The van der Waals surface area contributed by atoms with Gasteiger partial charge in [0.25, 0.3) is 5.91 Å². The first-order valence-corrected chi connectivity index (χ1v) is 8.61. The van der Waals surface area contributed by atoms with Crippen molar-refractivity contribution in [3.8, 4) is 0 Å². The Kier molecular flexibility index (Phi) is 3.92. The van der Waals surface area contributed by atoms with Gasteiger partial charge in [0.15, 0.2) is 0 Å². The van der Waals surface area contributed by atoms with Crippen LogP contribution in [0.4, 0.5) is 0 Å². The third-order valence-corrected chi connectivity index (χ3v) is 5.02. The number of fused-ring (bicyclic) bond motifs is 1. The number of aryl methyl sites for hydroxylation is 1. The average Bonchev–Trinajstić information content (AvgIpc) is 3.11. The molecule has 2 aromatic heterocycles. The van der Waals surface area contributed by atoms with Crippen LogP contribution in [-0.4, -0.2) is 45.4 Å². The molecule has 0 unspecified atom stereocenters. The van der Waals surface area contributed by atoms with Gasteiger partial charge in [-0.2, -0.15) is 5.10 Å². The highest BCUT2D eigenvalue weighted by atomic mass is 16.5. The number of hydrogen-bond acceptors (Lipinski definition) is 3. The number of ether oxygens (including phenoxy) is 1. The summed E-state index contributed by atoms with van der Waals surface area (Å²) in [5.74, 6) is 1.00. The average molecular weight is 328 g/mol. The van der Waals surface area contributed by atoms with E-state index in [4.69, 9.17) is 9.84 Å². The van der Waals surface area contributed by atoms with Gasteiger partial charge in [-0.3, -0.25) is 9.48 Å². The molecule has 0 radical (unpaired) electrons. The molecule has 1 saturated carbocycles. The van der Waals surface area contributed by atoms with Crippen molar-refractivity contribution in [2.24, 2.45) is 13.0 Å². The molecule has 24 heavy (non-hydrogen) atoms. The Labute approximate surface area is 142 Å². The molecular formula is C18H24N4O2. The summed E-state index contributed by atoms with van der Waals surface area (Å²) in [6.07, 6.45) is 6.65.